The summed E-state index contributed by atoms with van der Waals surface area (Å²) in [6.07, 6.45) is 1.89. The smallest absolute Gasteiger partial charge is 0.139 e. The number of nitrogens with zero attached hydrogens (tertiary/aromatic N) is 1. The van der Waals surface area contributed by atoms with E-state index in [1.165, 1.54) is 133 Å². The van der Waals surface area contributed by atoms with E-state index in [2.05, 4.69) is 293 Å². The first kappa shape index (κ1) is 53.2. The van der Waals surface area contributed by atoms with E-state index in [4.69, 9.17) is 8.83 Å². The third kappa shape index (κ3) is 7.05. The van der Waals surface area contributed by atoms with E-state index < -0.39 is 0 Å². The Morgan fingerprint density at radius 2 is 0.692 bits per heavy atom. The van der Waals surface area contributed by atoms with Crippen molar-refractivity contribution in [2.75, 3.05) is 4.90 Å². The molecule has 0 saturated heterocycles. The van der Waals surface area contributed by atoms with Crippen molar-refractivity contribution in [2.45, 2.75) is 115 Å². The zero-order chi connectivity index (χ0) is 61.6. The molecule has 0 spiro atoms. The van der Waals surface area contributed by atoms with Crippen LogP contribution in [0.5, 0.6) is 0 Å². The van der Waals surface area contributed by atoms with Gasteiger partial charge in [0.2, 0.25) is 0 Å². The van der Waals surface area contributed by atoms with E-state index >= 15 is 0 Å². The second-order valence-electron chi connectivity index (χ2n) is 30.0. The molecule has 440 valence electrons. The molecule has 5 aliphatic rings. The van der Waals surface area contributed by atoms with Gasteiger partial charge in [-0.05, 0) is 189 Å². The first-order valence-electron chi connectivity index (χ1n) is 33.0. The highest BCUT2D eigenvalue weighted by Crippen LogP contribution is 2.57. The van der Waals surface area contributed by atoms with Gasteiger partial charge in [-0.15, -0.1) is 0 Å². The van der Waals surface area contributed by atoms with Gasteiger partial charge in [-0.1, -0.05) is 227 Å². The largest absolute Gasteiger partial charge is 0.456 e. The lowest BCUT2D eigenvalue weighted by Gasteiger charge is -2.32. The summed E-state index contributed by atoms with van der Waals surface area (Å²) < 4.78 is 14.8. The fraction of sp³-hybridized carbons (Fsp3) is 0.205. The average Bonchev–Trinajstić information content (AvgIpc) is 1.69. The Balaban J connectivity index is 0.765. The molecule has 0 amide bonds. The predicted octanol–water partition coefficient (Wildman–Crippen LogP) is 23.7. The number of furan rings is 2. The van der Waals surface area contributed by atoms with Crippen molar-refractivity contribution in [2.24, 2.45) is 0 Å². The second-order valence-corrected chi connectivity index (χ2v) is 30.0. The molecular weight excluding hydrogens is 1100 g/mol. The molecule has 3 heteroatoms. The number of fused-ring (bicyclic) bond motifs is 20. The van der Waals surface area contributed by atoms with Crippen molar-refractivity contribution in [3.05, 3.63) is 291 Å². The van der Waals surface area contributed by atoms with Gasteiger partial charge in [-0.3, -0.25) is 0 Å². The van der Waals surface area contributed by atoms with Crippen LogP contribution in [0.15, 0.2) is 227 Å². The summed E-state index contributed by atoms with van der Waals surface area (Å²) in [5.74, 6) is -0.0401. The monoisotopic (exact) mass is 1170 g/mol. The predicted molar refractivity (Wildman–Crippen MR) is 379 cm³/mol. The number of anilines is 3. The summed E-state index contributed by atoms with van der Waals surface area (Å²) in [4.78, 5) is 2.47. The standard InChI is InChI=1S/C88H71NO2/c1-84(2)40-39-66-80-52(41-67-64-35-29-51(45-77(64)90-82(66)67)79(49-27-33-60-56-19-11-15-23-69(56)85(3,4)73(60)43-49)50-28-34-61-57-20-12-16-24-70(57)86(5,6)74(61)44-50)42-68-65-38-32-55(48-78(65)91-83(68)81(80)84)89(53-30-36-62-58-21-13-17-25-71(58)87(7,8)75(62)46-53)54-31-37-63-59-22-14-18-26-72(59)88(9,10)76(63)47-54/h11-38,41-48,79H,39-40H2,1-10H3. The minimum absolute atomic E-state index is 0.0401. The van der Waals surface area contributed by atoms with Crippen molar-refractivity contribution < 1.29 is 8.83 Å². The molecule has 91 heavy (non-hydrogen) atoms. The molecule has 2 heterocycles. The molecule has 0 bridgehead atoms. The maximum atomic E-state index is 7.43. The van der Waals surface area contributed by atoms with Crippen LogP contribution < -0.4 is 4.90 Å². The lowest BCUT2D eigenvalue weighted by atomic mass is 9.71. The number of benzene rings is 12. The van der Waals surface area contributed by atoms with Crippen LogP contribution in [-0.4, -0.2) is 0 Å². The molecular formula is C88H71NO2. The highest BCUT2D eigenvalue weighted by Gasteiger charge is 2.42. The Morgan fingerprint density at radius 3 is 1.19 bits per heavy atom. The molecule has 5 aliphatic carbocycles. The van der Waals surface area contributed by atoms with Crippen molar-refractivity contribution in [3.8, 4) is 44.5 Å². The first-order valence-corrected chi connectivity index (χ1v) is 33.0. The van der Waals surface area contributed by atoms with Gasteiger partial charge in [-0.25, -0.2) is 0 Å². The molecule has 0 radical (unpaired) electrons. The highest BCUT2D eigenvalue weighted by atomic mass is 16.3. The number of rotatable bonds is 6. The zero-order valence-electron chi connectivity index (χ0n) is 53.5. The second kappa shape index (κ2) is 17.8. The minimum Gasteiger partial charge on any atom is -0.456 e. The molecule has 0 unspecified atom stereocenters. The molecule has 12 aromatic carbocycles. The van der Waals surface area contributed by atoms with E-state index in [9.17, 15) is 0 Å². The molecule has 0 N–H and O–H groups in total. The maximum Gasteiger partial charge on any atom is 0.139 e. The Hall–Kier alpha value is -9.70. The summed E-state index contributed by atoms with van der Waals surface area (Å²) in [6.45, 7) is 23.9. The van der Waals surface area contributed by atoms with Gasteiger partial charge in [0.15, 0.2) is 0 Å². The summed E-state index contributed by atoms with van der Waals surface area (Å²) in [7, 11) is 0. The van der Waals surface area contributed by atoms with Gasteiger partial charge in [-0.2, -0.15) is 0 Å². The van der Waals surface area contributed by atoms with Gasteiger partial charge in [0, 0.05) is 83.4 Å². The lowest BCUT2D eigenvalue weighted by Crippen LogP contribution is -2.23. The van der Waals surface area contributed by atoms with E-state index in [0.29, 0.717) is 0 Å². The summed E-state index contributed by atoms with van der Waals surface area (Å²) >= 11 is 0. The topological polar surface area (TPSA) is 29.5 Å². The lowest BCUT2D eigenvalue weighted by molar-refractivity contribution is 0.470. The Morgan fingerprint density at radius 1 is 0.330 bits per heavy atom. The van der Waals surface area contributed by atoms with Gasteiger partial charge >= 0.3 is 0 Å². The van der Waals surface area contributed by atoms with Crippen LogP contribution >= 0.6 is 0 Å². The van der Waals surface area contributed by atoms with Crippen molar-refractivity contribution in [3.63, 3.8) is 0 Å². The van der Waals surface area contributed by atoms with Crippen LogP contribution in [0.4, 0.5) is 17.1 Å². The van der Waals surface area contributed by atoms with Gasteiger partial charge in [0.25, 0.3) is 0 Å². The van der Waals surface area contributed by atoms with Crippen LogP contribution in [0.2, 0.25) is 0 Å². The fourth-order valence-corrected chi connectivity index (χ4v) is 18.4. The van der Waals surface area contributed by atoms with E-state index in [1.807, 2.05) is 0 Å². The number of hydrogen-bond donors (Lipinski definition) is 0. The maximum absolute atomic E-state index is 7.43. The summed E-state index contributed by atoms with van der Waals surface area (Å²) in [5, 5.41) is 7.12. The van der Waals surface area contributed by atoms with E-state index in [-0.39, 0.29) is 33.0 Å². The zero-order valence-corrected chi connectivity index (χ0v) is 53.5. The minimum atomic E-state index is -0.158. The Bertz CT molecular complexity index is 5370. The molecule has 0 fully saturated rings. The fourth-order valence-electron chi connectivity index (χ4n) is 18.4. The van der Waals surface area contributed by atoms with Gasteiger partial charge in [0.1, 0.15) is 22.3 Å². The summed E-state index contributed by atoms with van der Waals surface area (Å²) in [6, 6.07) is 83.7. The number of aryl methyl sites for hydroxylation is 1. The quantitative estimate of drug-likeness (QED) is 0.155. The molecule has 0 atom stereocenters. The van der Waals surface area contributed by atoms with E-state index in [0.717, 1.165) is 68.4 Å². The SMILES string of the molecule is CC1(C)CCc2c3oc4cc(C(c5ccc6c(c5)C(C)(C)c5ccccc5-6)c5ccc6c(c5)C(C)(C)c5ccccc5-6)ccc4c3cc3cc4c(oc5cc(N(c6ccc7c(c6)C(C)(C)c6ccccc6-7)c6ccc7c(c6)C(C)(C)c6ccccc6-7)ccc54)c1c23. The van der Waals surface area contributed by atoms with Crippen LogP contribution in [0.1, 0.15) is 154 Å². The first-order chi connectivity index (χ1) is 43.9. The van der Waals surface area contributed by atoms with Crippen molar-refractivity contribution in [1.82, 2.24) is 0 Å². The number of hydrogen-bond acceptors (Lipinski definition) is 3. The average molecular weight is 1170 g/mol. The Kier molecular flexibility index (Phi) is 10.4. The molecule has 0 aliphatic heterocycles. The molecule has 2 aromatic heterocycles. The summed E-state index contributed by atoms with van der Waals surface area (Å²) in [5.41, 5.74) is 34.4. The van der Waals surface area contributed by atoms with E-state index in [1.54, 1.807) is 0 Å². The van der Waals surface area contributed by atoms with Crippen molar-refractivity contribution in [1.29, 1.82) is 0 Å². The molecule has 0 saturated carbocycles. The molecule has 14 aromatic rings. The van der Waals surface area contributed by atoms with Gasteiger partial charge in [0.05, 0.1) is 0 Å². The van der Waals surface area contributed by atoms with Crippen LogP contribution in [0.3, 0.4) is 0 Å². The van der Waals surface area contributed by atoms with Crippen molar-refractivity contribution >= 4 is 71.7 Å². The Labute approximate surface area is 532 Å². The third-order valence-corrected chi connectivity index (χ3v) is 23.2. The molecule has 3 nitrogen and oxygen atoms in total. The van der Waals surface area contributed by atoms with Crippen LogP contribution in [0.25, 0.3) is 99.2 Å². The third-order valence-electron chi connectivity index (χ3n) is 23.2. The van der Waals surface area contributed by atoms with Gasteiger partial charge < -0.3 is 13.7 Å². The van der Waals surface area contributed by atoms with Crippen LogP contribution in [-0.2, 0) is 33.5 Å². The molecule has 19 rings (SSSR count). The highest BCUT2D eigenvalue weighted by molar-refractivity contribution is 6.19. The van der Waals surface area contributed by atoms with Crippen LogP contribution in [0, 0.1) is 0 Å². The normalized spacial score (nSPS) is 16.7.